The van der Waals surface area contributed by atoms with Crippen LogP contribution in [0.4, 0.5) is 10.3 Å². The molecule has 4 bridgehead atoms. The molecule has 14 nitrogen and oxygen atoms in total. The van der Waals surface area contributed by atoms with E-state index >= 15 is 0 Å². The number of likely N-dealkylation sites (N-methyl/N-ethyl adjacent to an activating group) is 1. The number of nitrogens with zero attached hydrogens (tertiary/aromatic N) is 7. The van der Waals surface area contributed by atoms with Crippen molar-refractivity contribution < 1.29 is 38.0 Å². The number of carboxylic acids is 1. The summed E-state index contributed by atoms with van der Waals surface area (Å²) < 4.78 is 46.1. The Hall–Kier alpha value is -5.36. The smallest absolute Gasteiger partial charge is 0.345 e. The normalized spacial score (nSPS) is 18.8. The van der Waals surface area contributed by atoms with Gasteiger partial charge in [0.05, 0.1) is 27.7 Å². The van der Waals surface area contributed by atoms with Crippen molar-refractivity contribution in [3.8, 4) is 44.7 Å². The zero-order valence-corrected chi connectivity index (χ0v) is 39.6. The van der Waals surface area contributed by atoms with Gasteiger partial charge < -0.3 is 38.6 Å². The lowest BCUT2D eigenvalue weighted by Crippen LogP contribution is -2.57. The molecule has 6 aromatic rings. The molecule has 0 amide bonds. The lowest BCUT2D eigenvalue weighted by Gasteiger charge is -2.47. The van der Waals surface area contributed by atoms with Crippen LogP contribution in [0, 0.1) is 25.1 Å². The molecule has 0 aliphatic carbocycles. The van der Waals surface area contributed by atoms with Crippen molar-refractivity contribution in [2.75, 3.05) is 78.1 Å². The average Bonchev–Trinajstić information content (AvgIpc) is 3.68. The number of aliphatic carboxylic acids is 1. The fourth-order valence-corrected chi connectivity index (χ4v) is 10.6. The van der Waals surface area contributed by atoms with E-state index < -0.39 is 24.0 Å². The van der Waals surface area contributed by atoms with Crippen LogP contribution in [0.3, 0.4) is 0 Å². The van der Waals surface area contributed by atoms with Crippen molar-refractivity contribution in [2.45, 2.75) is 46.0 Å². The van der Waals surface area contributed by atoms with E-state index in [0.29, 0.717) is 101 Å². The Morgan fingerprint density at radius 1 is 0.985 bits per heavy atom. The summed E-state index contributed by atoms with van der Waals surface area (Å²) in [6.07, 6.45) is 0.922. The molecule has 10 rings (SSSR count). The molecule has 7 heterocycles. The molecule has 3 aromatic heterocycles. The number of methoxy groups -OCH3 is 1. The Morgan fingerprint density at radius 3 is 2.44 bits per heavy atom. The fourth-order valence-electron chi connectivity index (χ4n) is 8.94. The van der Waals surface area contributed by atoms with Gasteiger partial charge >= 0.3 is 5.97 Å². The van der Waals surface area contributed by atoms with Gasteiger partial charge in [-0.2, -0.15) is 0 Å². The lowest BCUT2D eigenvalue weighted by atomic mass is 9.83. The van der Waals surface area contributed by atoms with Crippen LogP contribution in [-0.2, 0) is 22.6 Å². The lowest BCUT2D eigenvalue weighted by molar-refractivity contribution is -0.145. The Labute approximate surface area is 396 Å². The third-order valence-corrected chi connectivity index (χ3v) is 14.4. The zero-order valence-electron chi connectivity index (χ0n) is 37.3. The number of halogens is 3. The van der Waals surface area contributed by atoms with Gasteiger partial charge in [0.15, 0.2) is 5.75 Å². The number of thiophene rings is 1. The van der Waals surface area contributed by atoms with Gasteiger partial charge in [0.1, 0.15) is 47.8 Å². The van der Waals surface area contributed by atoms with Crippen LogP contribution in [-0.4, -0.2) is 126 Å². The first-order valence-corrected chi connectivity index (χ1v) is 23.3. The molecule has 1 N–H and O–H groups in total. The highest BCUT2D eigenvalue weighted by Gasteiger charge is 2.40. The highest BCUT2D eigenvalue weighted by molar-refractivity contribution is 7.22. The minimum Gasteiger partial charge on any atom is -0.490 e. The molecule has 4 aliphatic heterocycles. The van der Waals surface area contributed by atoms with E-state index in [2.05, 4.69) is 43.6 Å². The average molecular weight is 959 g/mol. The summed E-state index contributed by atoms with van der Waals surface area (Å²) in [6.45, 7) is 12.3. The first kappa shape index (κ1) is 45.8. The summed E-state index contributed by atoms with van der Waals surface area (Å²) in [6, 6.07) is 13.2. The quantitative estimate of drug-likeness (QED) is 0.140. The van der Waals surface area contributed by atoms with Crippen LogP contribution >= 0.6 is 34.5 Å². The second-order valence-corrected chi connectivity index (χ2v) is 19.3. The first-order chi connectivity index (χ1) is 31.8. The van der Waals surface area contributed by atoms with Gasteiger partial charge in [-0.05, 0) is 79.5 Å². The number of carboxylic acid groups (broad SMARTS) is 1. The number of ether oxygens (including phenoxy) is 5. The largest absolute Gasteiger partial charge is 0.490 e. The van der Waals surface area contributed by atoms with Crippen molar-refractivity contribution in [3.63, 3.8) is 0 Å². The number of aromatic nitrogens is 4. The molecule has 3 aromatic carbocycles. The Morgan fingerprint density at radius 2 is 1.73 bits per heavy atom. The molecule has 0 saturated carbocycles. The van der Waals surface area contributed by atoms with Gasteiger partial charge in [-0.25, -0.2) is 29.1 Å². The number of hydrogen-bond acceptors (Lipinski definition) is 14. The minimum absolute atomic E-state index is 0.0233. The number of hydrogen-bond donors (Lipinski definition) is 1. The summed E-state index contributed by atoms with van der Waals surface area (Å²) in [5.74, 6) is 0.210. The molecule has 0 radical (unpaired) electrons. The molecule has 2 fully saturated rings. The van der Waals surface area contributed by atoms with Crippen molar-refractivity contribution in [1.29, 1.82) is 0 Å². The van der Waals surface area contributed by atoms with E-state index in [1.807, 2.05) is 13.8 Å². The van der Waals surface area contributed by atoms with Gasteiger partial charge in [-0.3, -0.25) is 4.90 Å². The van der Waals surface area contributed by atoms with Crippen LogP contribution in [0.1, 0.15) is 29.3 Å². The molecule has 0 unspecified atom stereocenters. The van der Waals surface area contributed by atoms with E-state index in [0.717, 1.165) is 39.3 Å². The van der Waals surface area contributed by atoms with Crippen molar-refractivity contribution in [2.24, 2.45) is 5.41 Å². The summed E-state index contributed by atoms with van der Waals surface area (Å²) in [4.78, 5) is 39.7. The maximum absolute atomic E-state index is 14.4. The SMILES string of the molecule is COCC1(C)CN(c2nccc(COc3ccc4cc3C[C@H](C(=O)O)Oc3ncnc5sc(-c6ccc(F)cc6)c(c35)-c3c(C)c(Cl)c(c(Cl)c3C)O[C@H](CN3CCN(C)CC3)CO4)n2)C1. The number of anilines is 1. The van der Waals surface area contributed by atoms with Crippen molar-refractivity contribution >= 4 is 56.7 Å². The third kappa shape index (κ3) is 9.44. The van der Waals surface area contributed by atoms with E-state index in [4.69, 9.17) is 51.9 Å². The molecule has 2 atom stereocenters. The van der Waals surface area contributed by atoms with Crippen LogP contribution in [0.5, 0.6) is 23.1 Å². The molecular weight excluding hydrogens is 909 g/mol. The van der Waals surface area contributed by atoms with Crippen molar-refractivity contribution in [1.82, 2.24) is 29.7 Å². The molecule has 346 valence electrons. The Balaban J connectivity index is 1.14. The molecule has 0 spiro atoms. The Kier molecular flexibility index (Phi) is 13.2. The minimum atomic E-state index is -1.46. The summed E-state index contributed by atoms with van der Waals surface area (Å²) >= 11 is 16.0. The number of benzene rings is 3. The maximum atomic E-state index is 14.4. The van der Waals surface area contributed by atoms with Gasteiger partial charge in [0.2, 0.25) is 17.9 Å². The zero-order chi connectivity index (χ0) is 46.3. The third-order valence-electron chi connectivity index (χ3n) is 12.4. The van der Waals surface area contributed by atoms with Gasteiger partial charge in [-0.15, -0.1) is 11.3 Å². The van der Waals surface area contributed by atoms with E-state index in [1.165, 1.54) is 29.8 Å². The van der Waals surface area contributed by atoms with Crippen LogP contribution in [0.2, 0.25) is 10.0 Å². The topological polar surface area (TPSA) is 145 Å². The molecule has 18 heteroatoms. The molecule has 66 heavy (non-hydrogen) atoms. The summed E-state index contributed by atoms with van der Waals surface area (Å²) in [7, 11) is 3.81. The monoisotopic (exact) mass is 957 g/mol. The van der Waals surface area contributed by atoms with Gasteiger partial charge in [0, 0.05) is 87.0 Å². The number of piperazine rings is 1. The standard InChI is InChI=1S/C48H50Cl2FN7O7S/c1-27-37-28(2)41(50)42(40(27)49)64-34(20-57-16-14-56(4)15-17-57)22-62-33-10-11-35(63-21-32-12-13-52-47(55-32)58-23-48(3,24-58)25-61-5)30(18-33)19-36(46(59)60)65-44-39-38(37)43(66-45(39)54-26-53-44)29-6-8-31(51)9-7-29/h6-13,18,26,34,36H,14-17,19-25H2,1-5H3,(H,59,60)/t34-,36-/m1/s1. The van der Waals surface area contributed by atoms with E-state index in [-0.39, 0.29) is 30.9 Å². The molecular formula is C48H50Cl2FN7O7S. The van der Waals surface area contributed by atoms with Gasteiger partial charge in [-0.1, -0.05) is 42.3 Å². The number of fused-ring (bicyclic) bond motifs is 7. The van der Waals surface area contributed by atoms with Crippen LogP contribution in [0.15, 0.2) is 61.1 Å². The van der Waals surface area contributed by atoms with Gasteiger partial charge in [0.25, 0.3) is 0 Å². The van der Waals surface area contributed by atoms with E-state index in [9.17, 15) is 14.3 Å². The fraction of sp³-hybridized carbons (Fsp3) is 0.396. The number of rotatable bonds is 10. The van der Waals surface area contributed by atoms with Crippen molar-refractivity contribution in [3.05, 3.63) is 99.3 Å². The van der Waals surface area contributed by atoms with Crippen LogP contribution < -0.4 is 23.8 Å². The second kappa shape index (κ2) is 19.1. The highest BCUT2D eigenvalue weighted by atomic mass is 35.5. The summed E-state index contributed by atoms with van der Waals surface area (Å²) in [5.41, 5.74) is 4.47. The Bertz CT molecular complexity index is 2740. The van der Waals surface area contributed by atoms with Crippen LogP contribution in [0.25, 0.3) is 31.8 Å². The highest BCUT2D eigenvalue weighted by Crippen LogP contribution is 2.53. The maximum Gasteiger partial charge on any atom is 0.345 e. The predicted octanol–water partition coefficient (Wildman–Crippen LogP) is 8.39. The summed E-state index contributed by atoms with van der Waals surface area (Å²) in [5, 5.41) is 11.9. The second-order valence-electron chi connectivity index (χ2n) is 17.6. The number of carbonyl (C=O) groups is 1. The first-order valence-electron chi connectivity index (χ1n) is 21.7. The predicted molar refractivity (Wildman–Crippen MR) is 252 cm³/mol. The van der Waals surface area contributed by atoms with E-state index in [1.54, 1.807) is 49.7 Å². The molecule has 4 aliphatic rings. The molecule has 2 saturated heterocycles.